The van der Waals surface area contributed by atoms with E-state index in [0.29, 0.717) is 32.4 Å². The van der Waals surface area contributed by atoms with Gasteiger partial charge in [-0.15, -0.1) is 11.3 Å². The molecule has 2 aromatic heterocycles. The second kappa shape index (κ2) is 5.81. The lowest BCUT2D eigenvalue weighted by molar-refractivity contribution is -0.116. The van der Waals surface area contributed by atoms with Crippen LogP contribution in [0.2, 0.25) is 5.02 Å². The van der Waals surface area contributed by atoms with Crippen LogP contribution in [0.5, 0.6) is 11.5 Å². The van der Waals surface area contributed by atoms with Crippen molar-refractivity contribution < 1.29 is 14.3 Å². The summed E-state index contributed by atoms with van der Waals surface area (Å²) in [6.45, 7) is -0.0484. The van der Waals surface area contributed by atoms with Crippen LogP contribution in [0, 0.1) is 0 Å². The van der Waals surface area contributed by atoms with Crippen molar-refractivity contribution in [1.82, 2.24) is 9.55 Å². The smallest absolute Gasteiger partial charge is 0.262 e. The fourth-order valence-electron chi connectivity index (χ4n) is 2.36. The molecule has 9 heteroatoms. The van der Waals surface area contributed by atoms with Gasteiger partial charge in [0.2, 0.25) is 12.7 Å². The van der Waals surface area contributed by atoms with Crippen molar-refractivity contribution in [2.75, 3.05) is 12.1 Å². The van der Waals surface area contributed by atoms with Crippen molar-refractivity contribution in [3.8, 4) is 11.5 Å². The van der Waals surface area contributed by atoms with E-state index in [0.717, 1.165) is 0 Å². The molecule has 0 aliphatic carbocycles. The van der Waals surface area contributed by atoms with Gasteiger partial charge in [-0.05, 0) is 11.4 Å². The fourth-order valence-corrected chi connectivity index (χ4v) is 3.29. The number of nitrogens with one attached hydrogen (secondary N) is 1. The summed E-state index contributed by atoms with van der Waals surface area (Å²) < 4.78 is 11.7. The number of nitrogens with zero attached hydrogens (tertiary/aromatic N) is 2. The number of amides is 1. The first-order valence-electron chi connectivity index (χ1n) is 6.93. The number of halogens is 1. The van der Waals surface area contributed by atoms with E-state index in [1.807, 2.05) is 0 Å². The zero-order chi connectivity index (χ0) is 16.7. The molecule has 1 aliphatic rings. The van der Waals surface area contributed by atoms with Gasteiger partial charge < -0.3 is 14.8 Å². The Morgan fingerprint density at radius 3 is 3.00 bits per heavy atom. The summed E-state index contributed by atoms with van der Waals surface area (Å²) in [6.07, 6.45) is 1.36. The van der Waals surface area contributed by atoms with Crippen LogP contribution in [0.4, 0.5) is 5.69 Å². The van der Waals surface area contributed by atoms with Crippen LogP contribution in [0.1, 0.15) is 0 Å². The molecule has 1 N–H and O–H groups in total. The molecule has 0 fully saturated rings. The molecule has 122 valence electrons. The van der Waals surface area contributed by atoms with E-state index in [1.165, 1.54) is 22.2 Å². The molecule has 0 saturated carbocycles. The van der Waals surface area contributed by atoms with E-state index in [4.69, 9.17) is 21.1 Å². The van der Waals surface area contributed by atoms with E-state index in [1.54, 1.807) is 23.6 Å². The lowest BCUT2D eigenvalue weighted by atomic mass is 10.2. The molecule has 1 aliphatic heterocycles. The van der Waals surface area contributed by atoms with Crippen LogP contribution in [0.15, 0.2) is 34.7 Å². The average molecular weight is 364 g/mol. The lowest BCUT2D eigenvalue weighted by Gasteiger charge is -2.09. The van der Waals surface area contributed by atoms with E-state index in [9.17, 15) is 9.59 Å². The van der Waals surface area contributed by atoms with E-state index < -0.39 is 5.91 Å². The molecule has 24 heavy (non-hydrogen) atoms. The second-order valence-electron chi connectivity index (χ2n) is 5.05. The molecule has 3 aromatic rings. The van der Waals surface area contributed by atoms with Crippen LogP contribution in [-0.2, 0) is 11.3 Å². The number of benzene rings is 1. The minimum Gasteiger partial charge on any atom is -0.454 e. The highest BCUT2D eigenvalue weighted by molar-refractivity contribution is 7.16. The van der Waals surface area contributed by atoms with Crippen LogP contribution in [0.3, 0.4) is 0 Å². The predicted octanol–water partition coefficient (Wildman–Crippen LogP) is 2.48. The standard InChI is InChI=1S/C15H10ClN3O4S/c16-9-3-11-12(23-7-22-11)4-10(9)18-13(20)5-19-6-17-14-8(15(19)21)1-2-24-14/h1-4,6H,5,7H2,(H,18,20). The van der Waals surface area contributed by atoms with Crippen LogP contribution in [-0.4, -0.2) is 22.3 Å². The number of anilines is 1. The summed E-state index contributed by atoms with van der Waals surface area (Å²) in [4.78, 5) is 29.3. The lowest BCUT2D eigenvalue weighted by Crippen LogP contribution is -2.27. The predicted molar refractivity (Wildman–Crippen MR) is 90.1 cm³/mol. The number of thiophene rings is 1. The molecule has 1 aromatic carbocycles. The summed E-state index contributed by atoms with van der Waals surface area (Å²) in [6, 6.07) is 4.86. The number of aromatic nitrogens is 2. The van der Waals surface area contributed by atoms with Crippen molar-refractivity contribution in [3.05, 3.63) is 45.3 Å². The third-order valence-electron chi connectivity index (χ3n) is 3.50. The van der Waals surface area contributed by atoms with Gasteiger partial charge in [0, 0.05) is 12.1 Å². The SMILES string of the molecule is O=C(Cn1cnc2sccc2c1=O)Nc1cc2c(cc1Cl)OCO2. The largest absolute Gasteiger partial charge is 0.454 e. The van der Waals surface area contributed by atoms with E-state index >= 15 is 0 Å². The zero-order valence-electron chi connectivity index (χ0n) is 12.1. The number of fused-ring (bicyclic) bond motifs is 2. The Bertz CT molecular complexity index is 1010. The fraction of sp³-hybridized carbons (Fsp3) is 0.133. The summed E-state index contributed by atoms with van der Waals surface area (Å²) in [5.41, 5.74) is 0.136. The molecule has 0 saturated heterocycles. The first kappa shape index (κ1) is 15.0. The topological polar surface area (TPSA) is 82.5 Å². The van der Waals surface area contributed by atoms with Crippen LogP contribution >= 0.6 is 22.9 Å². The Morgan fingerprint density at radius 2 is 2.17 bits per heavy atom. The molecule has 0 bridgehead atoms. The van der Waals surface area contributed by atoms with E-state index in [2.05, 4.69) is 10.3 Å². The Hall–Kier alpha value is -2.58. The van der Waals surface area contributed by atoms with Gasteiger partial charge in [0.1, 0.15) is 11.4 Å². The van der Waals surface area contributed by atoms with Gasteiger partial charge in [-0.2, -0.15) is 0 Å². The Kier molecular flexibility index (Phi) is 3.62. The van der Waals surface area contributed by atoms with Crippen molar-refractivity contribution in [2.45, 2.75) is 6.54 Å². The molecular weight excluding hydrogens is 354 g/mol. The van der Waals surface area contributed by atoms with Gasteiger partial charge >= 0.3 is 0 Å². The van der Waals surface area contributed by atoms with Crippen LogP contribution < -0.4 is 20.3 Å². The molecule has 0 atom stereocenters. The molecule has 3 heterocycles. The second-order valence-corrected chi connectivity index (χ2v) is 6.35. The minimum atomic E-state index is -0.394. The van der Waals surface area contributed by atoms with Gasteiger partial charge in [0.15, 0.2) is 11.5 Å². The number of ether oxygens (including phenoxy) is 2. The summed E-state index contributed by atoms with van der Waals surface area (Å²) in [7, 11) is 0. The third kappa shape index (κ3) is 2.59. The first-order valence-corrected chi connectivity index (χ1v) is 8.19. The number of hydrogen-bond acceptors (Lipinski definition) is 6. The van der Waals surface area contributed by atoms with E-state index in [-0.39, 0.29) is 18.9 Å². The first-order chi connectivity index (χ1) is 11.6. The third-order valence-corrected chi connectivity index (χ3v) is 4.63. The number of carbonyl (C=O) groups is 1. The van der Waals surface area contributed by atoms with Gasteiger partial charge in [-0.25, -0.2) is 4.98 Å². The highest BCUT2D eigenvalue weighted by atomic mass is 35.5. The molecule has 0 spiro atoms. The quantitative estimate of drug-likeness (QED) is 0.773. The highest BCUT2D eigenvalue weighted by Gasteiger charge is 2.18. The maximum absolute atomic E-state index is 12.3. The molecule has 7 nitrogen and oxygen atoms in total. The average Bonchev–Trinajstić information content (AvgIpc) is 3.19. The van der Waals surface area contributed by atoms with Crippen molar-refractivity contribution >= 4 is 44.7 Å². The molecule has 0 unspecified atom stereocenters. The molecule has 0 radical (unpaired) electrons. The van der Waals surface area contributed by atoms with Gasteiger partial charge in [0.05, 0.1) is 22.4 Å². The van der Waals surface area contributed by atoms with Crippen LogP contribution in [0.25, 0.3) is 10.2 Å². The normalized spacial score (nSPS) is 12.5. The Balaban J connectivity index is 1.56. The minimum absolute atomic E-state index is 0.116. The van der Waals surface area contributed by atoms with Gasteiger partial charge in [-0.1, -0.05) is 11.6 Å². The molecule has 1 amide bonds. The Morgan fingerprint density at radius 1 is 1.38 bits per heavy atom. The number of carbonyl (C=O) groups excluding carboxylic acids is 1. The zero-order valence-corrected chi connectivity index (χ0v) is 13.7. The summed E-state index contributed by atoms with van der Waals surface area (Å²) in [5.74, 6) is 0.642. The molecule has 4 rings (SSSR count). The van der Waals surface area contributed by atoms with Crippen molar-refractivity contribution in [2.24, 2.45) is 0 Å². The highest BCUT2D eigenvalue weighted by Crippen LogP contribution is 2.39. The maximum atomic E-state index is 12.3. The Labute approximate surface area is 144 Å². The monoisotopic (exact) mass is 363 g/mol. The van der Waals surface area contributed by atoms with Gasteiger partial charge in [-0.3, -0.25) is 14.2 Å². The van der Waals surface area contributed by atoms with Gasteiger partial charge in [0.25, 0.3) is 5.56 Å². The maximum Gasteiger partial charge on any atom is 0.262 e. The summed E-state index contributed by atoms with van der Waals surface area (Å²) in [5, 5.41) is 5.28. The number of hydrogen-bond donors (Lipinski definition) is 1. The number of rotatable bonds is 3. The molecular formula is C15H10ClN3O4S. The van der Waals surface area contributed by atoms with Crippen molar-refractivity contribution in [1.29, 1.82) is 0 Å². The summed E-state index contributed by atoms with van der Waals surface area (Å²) >= 11 is 7.50. The van der Waals surface area contributed by atoms with Crippen molar-refractivity contribution in [3.63, 3.8) is 0 Å².